The summed E-state index contributed by atoms with van der Waals surface area (Å²) in [5, 5.41) is 22.4. The van der Waals surface area contributed by atoms with Gasteiger partial charge in [-0.05, 0) is 17.5 Å². The zero-order chi connectivity index (χ0) is 14.3. The number of carbonyl (C=O) groups excluding carboxylic acids is 1. The minimum atomic E-state index is -0.953. The normalized spacial score (nSPS) is 13.9. The van der Waals surface area contributed by atoms with Gasteiger partial charge in [0.05, 0.1) is 12.7 Å². The Hall–Kier alpha value is -1.43. The van der Waals surface area contributed by atoms with Crippen LogP contribution in [-0.4, -0.2) is 35.9 Å². The largest absolute Gasteiger partial charge is 0.390 e. The van der Waals surface area contributed by atoms with Crippen LogP contribution >= 0.6 is 0 Å². The van der Waals surface area contributed by atoms with Gasteiger partial charge in [-0.25, -0.2) is 0 Å². The lowest BCUT2D eigenvalue weighted by atomic mass is 10.0. The fourth-order valence-electron chi connectivity index (χ4n) is 1.75. The summed E-state index contributed by atoms with van der Waals surface area (Å²) in [4.78, 5) is 10.7. The smallest absolute Gasteiger partial charge is 0.216 e. The minimum Gasteiger partial charge on any atom is -0.390 e. The number of methoxy groups -OCH3 is 1. The molecule has 0 bridgehead atoms. The van der Waals surface area contributed by atoms with Crippen molar-refractivity contribution in [1.29, 1.82) is 0 Å². The maximum absolute atomic E-state index is 10.7. The van der Waals surface area contributed by atoms with Crippen LogP contribution in [0.5, 0.6) is 0 Å². The van der Waals surface area contributed by atoms with Gasteiger partial charge in [-0.3, -0.25) is 4.79 Å². The summed E-state index contributed by atoms with van der Waals surface area (Å²) in [5.41, 5.74) is 1.65. The summed E-state index contributed by atoms with van der Waals surface area (Å²) < 4.78 is 5.00. The number of rotatable bonds is 7. The van der Waals surface area contributed by atoms with Crippen LogP contribution in [0.3, 0.4) is 0 Å². The summed E-state index contributed by atoms with van der Waals surface area (Å²) in [6.07, 6.45) is -1.55. The molecular weight excluding hydrogens is 246 g/mol. The van der Waals surface area contributed by atoms with Gasteiger partial charge in [0.1, 0.15) is 6.10 Å². The molecule has 0 aliphatic rings. The predicted octanol–water partition coefficient (Wildman–Crippen LogP) is 0.754. The SMILES string of the molecule is COCc1ccc(C(O)C(O)CCNC(C)=O)cc1. The summed E-state index contributed by atoms with van der Waals surface area (Å²) in [6, 6.07) is 7.23. The highest BCUT2D eigenvalue weighted by Gasteiger charge is 2.17. The van der Waals surface area contributed by atoms with Gasteiger partial charge >= 0.3 is 0 Å². The van der Waals surface area contributed by atoms with E-state index >= 15 is 0 Å². The standard InChI is InChI=1S/C14H21NO4/c1-10(16)15-8-7-13(17)14(18)12-5-3-11(4-6-12)9-19-2/h3-6,13-14,17-18H,7-9H2,1-2H3,(H,15,16). The first kappa shape index (κ1) is 15.6. The van der Waals surface area contributed by atoms with Crippen LogP contribution < -0.4 is 5.32 Å². The molecule has 0 saturated heterocycles. The number of hydrogen-bond acceptors (Lipinski definition) is 4. The first-order valence-corrected chi connectivity index (χ1v) is 6.23. The maximum atomic E-state index is 10.7. The molecule has 0 fully saturated rings. The van der Waals surface area contributed by atoms with E-state index in [0.717, 1.165) is 5.56 Å². The molecule has 0 heterocycles. The lowest BCUT2D eigenvalue weighted by molar-refractivity contribution is -0.119. The van der Waals surface area contributed by atoms with Gasteiger partial charge in [-0.15, -0.1) is 0 Å². The number of ether oxygens (including phenoxy) is 1. The molecule has 0 saturated carbocycles. The van der Waals surface area contributed by atoms with Gasteiger partial charge in [0.2, 0.25) is 5.91 Å². The van der Waals surface area contributed by atoms with Gasteiger partial charge in [0, 0.05) is 20.6 Å². The van der Waals surface area contributed by atoms with Gasteiger partial charge < -0.3 is 20.3 Å². The number of benzene rings is 1. The fourth-order valence-corrected chi connectivity index (χ4v) is 1.75. The third-order valence-electron chi connectivity index (χ3n) is 2.81. The molecule has 0 aromatic heterocycles. The Balaban J connectivity index is 2.51. The van der Waals surface area contributed by atoms with Crippen molar-refractivity contribution in [3.8, 4) is 0 Å². The number of hydrogen-bond donors (Lipinski definition) is 3. The molecule has 1 aromatic carbocycles. The number of amides is 1. The monoisotopic (exact) mass is 267 g/mol. The molecule has 19 heavy (non-hydrogen) atoms. The van der Waals surface area contributed by atoms with Gasteiger partial charge in [-0.2, -0.15) is 0 Å². The molecular formula is C14H21NO4. The van der Waals surface area contributed by atoms with Crippen molar-refractivity contribution < 1.29 is 19.7 Å². The Kier molecular flexibility index (Phi) is 6.49. The van der Waals surface area contributed by atoms with Gasteiger partial charge in [-0.1, -0.05) is 24.3 Å². The second-order valence-electron chi connectivity index (χ2n) is 4.46. The van der Waals surface area contributed by atoms with Crippen molar-refractivity contribution in [1.82, 2.24) is 5.32 Å². The lowest BCUT2D eigenvalue weighted by Crippen LogP contribution is -2.27. The Morgan fingerprint density at radius 2 is 1.95 bits per heavy atom. The number of aliphatic hydroxyl groups excluding tert-OH is 2. The van der Waals surface area contributed by atoms with Crippen molar-refractivity contribution in [2.75, 3.05) is 13.7 Å². The third-order valence-corrected chi connectivity index (χ3v) is 2.81. The van der Waals surface area contributed by atoms with E-state index in [1.165, 1.54) is 6.92 Å². The van der Waals surface area contributed by atoms with Crippen LogP contribution in [0.4, 0.5) is 0 Å². The molecule has 5 heteroatoms. The molecule has 0 aliphatic carbocycles. The first-order chi connectivity index (χ1) is 9.04. The Bertz CT molecular complexity index is 391. The average Bonchev–Trinajstić information content (AvgIpc) is 2.38. The second-order valence-corrected chi connectivity index (χ2v) is 4.46. The fraction of sp³-hybridized carbons (Fsp3) is 0.500. The molecule has 0 aliphatic heterocycles. The van der Waals surface area contributed by atoms with E-state index in [0.29, 0.717) is 25.1 Å². The number of nitrogens with one attached hydrogen (secondary N) is 1. The van der Waals surface area contributed by atoms with E-state index in [4.69, 9.17) is 4.74 Å². The van der Waals surface area contributed by atoms with Crippen molar-refractivity contribution in [2.24, 2.45) is 0 Å². The van der Waals surface area contributed by atoms with E-state index in [-0.39, 0.29) is 5.91 Å². The first-order valence-electron chi connectivity index (χ1n) is 6.23. The Morgan fingerprint density at radius 1 is 1.32 bits per heavy atom. The molecule has 3 N–H and O–H groups in total. The van der Waals surface area contributed by atoms with E-state index in [1.54, 1.807) is 19.2 Å². The molecule has 0 radical (unpaired) electrons. The summed E-state index contributed by atoms with van der Waals surface area (Å²) in [6.45, 7) is 2.27. The zero-order valence-corrected chi connectivity index (χ0v) is 11.3. The number of carbonyl (C=O) groups is 1. The molecule has 5 nitrogen and oxygen atoms in total. The van der Waals surface area contributed by atoms with E-state index in [1.807, 2.05) is 12.1 Å². The van der Waals surface area contributed by atoms with Crippen molar-refractivity contribution in [3.63, 3.8) is 0 Å². The summed E-state index contributed by atoms with van der Waals surface area (Å²) >= 11 is 0. The summed E-state index contributed by atoms with van der Waals surface area (Å²) in [5.74, 6) is -0.148. The van der Waals surface area contributed by atoms with Crippen LogP contribution in [0.1, 0.15) is 30.6 Å². The highest BCUT2D eigenvalue weighted by Crippen LogP contribution is 2.19. The molecule has 2 unspecified atom stereocenters. The average molecular weight is 267 g/mol. The van der Waals surface area contributed by atoms with Crippen LogP contribution in [0.2, 0.25) is 0 Å². The van der Waals surface area contributed by atoms with Crippen LogP contribution in [0.15, 0.2) is 24.3 Å². The third kappa shape index (κ3) is 5.38. The molecule has 0 spiro atoms. The molecule has 1 aromatic rings. The Labute approximate surface area is 113 Å². The van der Waals surface area contributed by atoms with E-state index in [9.17, 15) is 15.0 Å². The van der Waals surface area contributed by atoms with E-state index in [2.05, 4.69) is 5.32 Å². The van der Waals surface area contributed by atoms with E-state index < -0.39 is 12.2 Å². The zero-order valence-electron chi connectivity index (χ0n) is 11.3. The minimum absolute atomic E-state index is 0.148. The highest BCUT2D eigenvalue weighted by atomic mass is 16.5. The van der Waals surface area contributed by atoms with Crippen molar-refractivity contribution >= 4 is 5.91 Å². The molecule has 106 valence electrons. The molecule has 1 rings (SSSR count). The number of aliphatic hydroxyl groups is 2. The predicted molar refractivity (Wildman–Crippen MR) is 71.4 cm³/mol. The lowest BCUT2D eigenvalue weighted by Gasteiger charge is -2.18. The van der Waals surface area contributed by atoms with Crippen LogP contribution in [0, 0.1) is 0 Å². The molecule has 1 amide bonds. The van der Waals surface area contributed by atoms with Crippen LogP contribution in [0.25, 0.3) is 0 Å². The van der Waals surface area contributed by atoms with Gasteiger partial charge in [0.25, 0.3) is 0 Å². The second kappa shape index (κ2) is 7.89. The van der Waals surface area contributed by atoms with Crippen LogP contribution in [-0.2, 0) is 16.1 Å². The quantitative estimate of drug-likeness (QED) is 0.681. The topological polar surface area (TPSA) is 78.8 Å². The van der Waals surface area contributed by atoms with Gasteiger partial charge in [0.15, 0.2) is 0 Å². The van der Waals surface area contributed by atoms with Crippen molar-refractivity contribution in [2.45, 2.75) is 32.2 Å². The highest BCUT2D eigenvalue weighted by molar-refractivity contribution is 5.72. The van der Waals surface area contributed by atoms with Crippen molar-refractivity contribution in [3.05, 3.63) is 35.4 Å². The molecule has 2 atom stereocenters. The maximum Gasteiger partial charge on any atom is 0.216 e. The summed E-state index contributed by atoms with van der Waals surface area (Å²) in [7, 11) is 1.62. The Morgan fingerprint density at radius 3 is 2.47 bits per heavy atom.